The first-order valence-corrected chi connectivity index (χ1v) is 4.66. The van der Waals surface area contributed by atoms with Crippen molar-refractivity contribution in [1.82, 2.24) is 0 Å². The van der Waals surface area contributed by atoms with Gasteiger partial charge in [-0.15, -0.1) is 0 Å². The number of nitrogens with two attached hydrogens (primary N) is 1. The average Bonchev–Trinajstić information content (AvgIpc) is 2.28. The predicted octanol–water partition coefficient (Wildman–Crippen LogP) is 1.13. The maximum atomic E-state index is 11.6. The van der Waals surface area contributed by atoms with Crippen molar-refractivity contribution in [3.63, 3.8) is 0 Å². The number of rotatable bonds is 5. The van der Waals surface area contributed by atoms with E-state index in [9.17, 15) is 14.9 Å². The number of ketones is 1. The molecule has 0 aliphatic carbocycles. The topological polar surface area (TPSA) is 95.5 Å². The molecule has 0 unspecified atom stereocenters. The van der Waals surface area contributed by atoms with Crippen LogP contribution in [0.4, 0.5) is 5.69 Å². The summed E-state index contributed by atoms with van der Waals surface area (Å²) in [5.74, 6) is 0.0156. The van der Waals surface area contributed by atoms with Gasteiger partial charge in [-0.1, -0.05) is 0 Å². The Balaban J connectivity index is 3.11. The lowest BCUT2D eigenvalue weighted by Gasteiger charge is -2.06. The van der Waals surface area contributed by atoms with Crippen molar-refractivity contribution < 1.29 is 14.5 Å². The molecule has 86 valence electrons. The third kappa shape index (κ3) is 2.54. The van der Waals surface area contributed by atoms with Gasteiger partial charge >= 0.3 is 0 Å². The Bertz CT molecular complexity index is 417. The SMILES string of the molecule is COc1cc([N+](=O)[O-])ccc1C(=O)CCN. The van der Waals surface area contributed by atoms with Crippen molar-refractivity contribution in [2.45, 2.75) is 6.42 Å². The average molecular weight is 224 g/mol. The van der Waals surface area contributed by atoms with Crippen LogP contribution in [-0.4, -0.2) is 24.4 Å². The molecule has 6 heteroatoms. The normalized spacial score (nSPS) is 9.88. The molecule has 16 heavy (non-hydrogen) atoms. The van der Waals surface area contributed by atoms with Crippen LogP contribution in [0.1, 0.15) is 16.8 Å². The Kier molecular flexibility index (Phi) is 3.96. The van der Waals surface area contributed by atoms with Crippen LogP contribution in [-0.2, 0) is 0 Å². The summed E-state index contributed by atoms with van der Waals surface area (Å²) >= 11 is 0. The van der Waals surface area contributed by atoms with E-state index in [-0.39, 0.29) is 30.2 Å². The van der Waals surface area contributed by atoms with E-state index in [0.29, 0.717) is 5.56 Å². The highest BCUT2D eigenvalue weighted by atomic mass is 16.6. The summed E-state index contributed by atoms with van der Waals surface area (Å²) in [7, 11) is 1.36. The van der Waals surface area contributed by atoms with Gasteiger partial charge in [0.15, 0.2) is 5.78 Å². The monoisotopic (exact) mass is 224 g/mol. The second-order valence-electron chi connectivity index (χ2n) is 3.10. The molecule has 0 saturated carbocycles. The molecule has 0 radical (unpaired) electrons. The third-order valence-electron chi connectivity index (χ3n) is 2.07. The highest BCUT2D eigenvalue weighted by molar-refractivity contribution is 5.99. The lowest BCUT2D eigenvalue weighted by molar-refractivity contribution is -0.384. The van der Waals surface area contributed by atoms with Crippen molar-refractivity contribution in [1.29, 1.82) is 0 Å². The number of nitro groups is 1. The second kappa shape index (κ2) is 5.22. The van der Waals surface area contributed by atoms with Gasteiger partial charge in [0.1, 0.15) is 5.75 Å². The fraction of sp³-hybridized carbons (Fsp3) is 0.300. The number of Topliss-reactive ketones (excluding diaryl/α,β-unsaturated/α-hetero) is 1. The summed E-state index contributed by atoms with van der Waals surface area (Å²) in [5, 5.41) is 10.5. The van der Waals surface area contributed by atoms with Crippen LogP contribution in [0.5, 0.6) is 5.75 Å². The number of carbonyl (C=O) groups excluding carboxylic acids is 1. The first-order chi connectivity index (χ1) is 7.60. The van der Waals surface area contributed by atoms with Crippen LogP contribution < -0.4 is 10.5 Å². The molecule has 1 aromatic rings. The zero-order valence-electron chi connectivity index (χ0n) is 8.80. The Morgan fingerprint density at radius 1 is 1.56 bits per heavy atom. The van der Waals surface area contributed by atoms with Gasteiger partial charge < -0.3 is 10.5 Å². The van der Waals surface area contributed by atoms with Gasteiger partial charge in [-0.25, -0.2) is 0 Å². The molecule has 0 aromatic heterocycles. The molecule has 0 amide bonds. The molecule has 0 aliphatic rings. The van der Waals surface area contributed by atoms with Crippen LogP contribution in [0.3, 0.4) is 0 Å². The minimum atomic E-state index is -0.542. The summed E-state index contributed by atoms with van der Waals surface area (Å²) in [6.45, 7) is 0.235. The predicted molar refractivity (Wildman–Crippen MR) is 57.7 cm³/mol. The van der Waals surface area contributed by atoms with Gasteiger partial charge in [0, 0.05) is 12.5 Å². The van der Waals surface area contributed by atoms with Crippen LogP contribution in [0.2, 0.25) is 0 Å². The number of hydrogen-bond donors (Lipinski definition) is 1. The molecule has 0 fully saturated rings. The number of non-ortho nitro benzene ring substituents is 1. The summed E-state index contributed by atoms with van der Waals surface area (Å²) < 4.78 is 4.94. The van der Waals surface area contributed by atoms with Crippen molar-refractivity contribution in [3.05, 3.63) is 33.9 Å². The number of ether oxygens (including phenoxy) is 1. The lowest BCUT2D eigenvalue weighted by atomic mass is 10.1. The molecule has 0 saturated heterocycles. The maximum absolute atomic E-state index is 11.6. The van der Waals surface area contributed by atoms with E-state index in [4.69, 9.17) is 10.5 Å². The van der Waals surface area contributed by atoms with E-state index < -0.39 is 4.92 Å². The minimum Gasteiger partial charge on any atom is -0.496 e. The van der Waals surface area contributed by atoms with E-state index in [2.05, 4.69) is 0 Å². The molecule has 0 spiro atoms. The summed E-state index contributed by atoms with van der Waals surface area (Å²) in [6.07, 6.45) is 0.189. The largest absolute Gasteiger partial charge is 0.496 e. The third-order valence-corrected chi connectivity index (χ3v) is 2.07. The van der Waals surface area contributed by atoms with E-state index in [1.54, 1.807) is 0 Å². The summed E-state index contributed by atoms with van der Waals surface area (Å²) in [6, 6.07) is 3.88. The maximum Gasteiger partial charge on any atom is 0.273 e. The molecular formula is C10H12N2O4. The Labute approximate surface area is 92.2 Å². The summed E-state index contributed by atoms with van der Waals surface area (Å²) in [4.78, 5) is 21.6. The highest BCUT2D eigenvalue weighted by Gasteiger charge is 2.15. The lowest BCUT2D eigenvalue weighted by Crippen LogP contribution is -2.09. The number of nitro benzene ring substituents is 1. The van der Waals surface area contributed by atoms with E-state index in [1.165, 1.54) is 25.3 Å². The zero-order chi connectivity index (χ0) is 12.1. The number of methoxy groups -OCH3 is 1. The molecule has 1 aromatic carbocycles. The van der Waals surface area contributed by atoms with E-state index in [0.717, 1.165) is 0 Å². The van der Waals surface area contributed by atoms with E-state index >= 15 is 0 Å². The molecule has 0 aliphatic heterocycles. The van der Waals surface area contributed by atoms with Gasteiger partial charge in [0.25, 0.3) is 5.69 Å². The highest BCUT2D eigenvalue weighted by Crippen LogP contribution is 2.25. The molecule has 1 rings (SSSR count). The number of nitrogens with zero attached hydrogens (tertiary/aromatic N) is 1. The van der Waals surface area contributed by atoms with Crippen molar-refractivity contribution >= 4 is 11.5 Å². The fourth-order valence-corrected chi connectivity index (χ4v) is 1.29. The standard InChI is InChI=1S/C10H12N2O4/c1-16-10-6-7(12(14)15)2-3-8(10)9(13)4-5-11/h2-3,6H,4-5,11H2,1H3. The number of hydrogen-bond acceptors (Lipinski definition) is 5. The van der Waals surface area contributed by atoms with Crippen LogP contribution in [0, 0.1) is 10.1 Å². The van der Waals surface area contributed by atoms with Gasteiger partial charge in [-0.05, 0) is 12.6 Å². The van der Waals surface area contributed by atoms with Crippen molar-refractivity contribution in [2.75, 3.05) is 13.7 Å². The first-order valence-electron chi connectivity index (χ1n) is 4.66. The molecular weight excluding hydrogens is 212 g/mol. The molecule has 0 atom stereocenters. The molecule has 0 heterocycles. The molecule has 2 N–H and O–H groups in total. The van der Waals surface area contributed by atoms with Crippen LogP contribution in [0.25, 0.3) is 0 Å². The Morgan fingerprint density at radius 3 is 2.75 bits per heavy atom. The minimum absolute atomic E-state index is 0.110. The Morgan fingerprint density at radius 2 is 2.25 bits per heavy atom. The van der Waals surface area contributed by atoms with Gasteiger partial charge in [0.05, 0.1) is 23.7 Å². The van der Waals surface area contributed by atoms with Crippen molar-refractivity contribution in [2.24, 2.45) is 5.73 Å². The van der Waals surface area contributed by atoms with E-state index in [1.807, 2.05) is 0 Å². The van der Waals surface area contributed by atoms with Gasteiger partial charge in [-0.2, -0.15) is 0 Å². The van der Waals surface area contributed by atoms with Gasteiger partial charge in [-0.3, -0.25) is 14.9 Å². The zero-order valence-corrected chi connectivity index (χ0v) is 8.80. The van der Waals surface area contributed by atoms with Gasteiger partial charge in [0.2, 0.25) is 0 Å². The molecule has 6 nitrogen and oxygen atoms in total. The number of carbonyl (C=O) groups is 1. The van der Waals surface area contributed by atoms with Crippen molar-refractivity contribution in [3.8, 4) is 5.75 Å². The molecule has 0 bridgehead atoms. The van der Waals surface area contributed by atoms with Crippen LogP contribution >= 0.6 is 0 Å². The fourth-order valence-electron chi connectivity index (χ4n) is 1.29. The number of benzene rings is 1. The summed E-state index contributed by atoms with van der Waals surface area (Å²) in [5.41, 5.74) is 5.47. The quantitative estimate of drug-likeness (QED) is 0.459. The second-order valence-corrected chi connectivity index (χ2v) is 3.10. The Hall–Kier alpha value is -1.95. The first kappa shape index (κ1) is 12.1. The van der Waals surface area contributed by atoms with Crippen LogP contribution in [0.15, 0.2) is 18.2 Å². The smallest absolute Gasteiger partial charge is 0.273 e.